The highest BCUT2D eigenvalue weighted by Gasteiger charge is 2.07. The molecule has 2 aromatic rings. The van der Waals surface area contributed by atoms with E-state index in [1.807, 2.05) is 31.2 Å². The molecule has 106 valence electrons. The van der Waals surface area contributed by atoms with Gasteiger partial charge in [-0.2, -0.15) is 0 Å². The third-order valence-electron chi connectivity index (χ3n) is 2.54. The summed E-state index contributed by atoms with van der Waals surface area (Å²) in [7, 11) is 0. The first kappa shape index (κ1) is 14.7. The Labute approximate surface area is 126 Å². The zero-order valence-corrected chi connectivity index (χ0v) is 12.7. The third-order valence-corrected chi connectivity index (χ3v) is 3.20. The van der Waals surface area contributed by atoms with Gasteiger partial charge in [-0.1, -0.05) is 12.1 Å². The predicted molar refractivity (Wildman–Crippen MR) is 80.9 cm³/mol. The van der Waals surface area contributed by atoms with Gasteiger partial charge in [-0.3, -0.25) is 4.98 Å². The van der Waals surface area contributed by atoms with Crippen molar-refractivity contribution in [3.63, 3.8) is 0 Å². The van der Waals surface area contributed by atoms with Crippen LogP contribution in [0.2, 0.25) is 0 Å². The minimum absolute atomic E-state index is 0.203. The largest absolute Gasteiger partial charge is 0.490 e. The Morgan fingerprint density at radius 3 is 2.90 bits per heavy atom. The molecule has 5 nitrogen and oxygen atoms in total. The molecule has 1 aromatic carbocycles. The Bertz CT molecular complexity index is 566. The number of aryl methyl sites for hydroxylation is 1. The molecule has 0 fully saturated rings. The molecule has 0 aliphatic heterocycles. The quantitative estimate of drug-likeness (QED) is 0.847. The summed E-state index contributed by atoms with van der Waals surface area (Å²) in [5.41, 5.74) is 0.828. The molecule has 0 amide bonds. The second-order valence-electron chi connectivity index (χ2n) is 4.32. The molecule has 0 unspecified atom stereocenters. The molecule has 1 aromatic heterocycles. The lowest BCUT2D eigenvalue weighted by Crippen LogP contribution is -2.26. The number of nitrogens with zero attached hydrogens (tertiary/aromatic N) is 2. The second-order valence-corrected chi connectivity index (χ2v) is 5.18. The summed E-state index contributed by atoms with van der Waals surface area (Å²) in [6.07, 6.45) is 2.66. The van der Waals surface area contributed by atoms with Crippen molar-refractivity contribution in [1.29, 1.82) is 0 Å². The number of rotatable bonds is 6. The smallest absolute Gasteiger partial charge is 0.144 e. The van der Waals surface area contributed by atoms with Crippen LogP contribution in [0.4, 0.5) is 5.82 Å². The minimum Gasteiger partial charge on any atom is -0.490 e. The molecule has 2 rings (SSSR count). The molecule has 0 aliphatic rings. The van der Waals surface area contributed by atoms with Gasteiger partial charge in [0.2, 0.25) is 0 Å². The molecule has 1 atom stereocenters. The molecular formula is C14H16BrN3O2. The first-order valence-corrected chi connectivity index (χ1v) is 7.02. The summed E-state index contributed by atoms with van der Waals surface area (Å²) in [6.45, 7) is 2.42. The van der Waals surface area contributed by atoms with E-state index in [9.17, 15) is 5.11 Å². The lowest BCUT2D eigenvalue weighted by atomic mass is 10.3. The van der Waals surface area contributed by atoms with E-state index >= 15 is 0 Å². The van der Waals surface area contributed by atoms with Crippen LogP contribution >= 0.6 is 15.9 Å². The molecule has 0 bridgehead atoms. The Balaban J connectivity index is 1.78. The van der Waals surface area contributed by atoms with Crippen molar-refractivity contribution < 1.29 is 9.84 Å². The van der Waals surface area contributed by atoms with E-state index in [1.54, 1.807) is 12.4 Å². The van der Waals surface area contributed by atoms with Crippen LogP contribution in [0.3, 0.4) is 0 Å². The molecule has 0 spiro atoms. The fourth-order valence-corrected chi connectivity index (χ4v) is 1.98. The van der Waals surface area contributed by atoms with Crippen molar-refractivity contribution in [1.82, 2.24) is 9.97 Å². The first-order chi connectivity index (χ1) is 9.65. The molecule has 0 radical (unpaired) electrons. The highest BCUT2D eigenvalue weighted by molar-refractivity contribution is 9.10. The zero-order valence-electron chi connectivity index (χ0n) is 11.1. The summed E-state index contributed by atoms with van der Waals surface area (Å²) >= 11 is 3.39. The topological polar surface area (TPSA) is 67.3 Å². The number of hydrogen-bond acceptors (Lipinski definition) is 5. The lowest BCUT2D eigenvalue weighted by molar-refractivity contribution is 0.117. The van der Waals surface area contributed by atoms with Crippen LogP contribution in [-0.4, -0.2) is 34.3 Å². The van der Waals surface area contributed by atoms with E-state index in [1.165, 1.54) is 0 Å². The number of anilines is 1. The monoisotopic (exact) mass is 337 g/mol. The molecule has 6 heteroatoms. The van der Waals surface area contributed by atoms with Crippen LogP contribution in [0.25, 0.3) is 0 Å². The number of aliphatic hydroxyl groups excluding tert-OH is 1. The molecule has 1 heterocycles. The highest BCUT2D eigenvalue weighted by Crippen LogP contribution is 2.23. The van der Waals surface area contributed by atoms with Gasteiger partial charge in [-0.25, -0.2) is 4.98 Å². The van der Waals surface area contributed by atoms with Crippen LogP contribution in [0, 0.1) is 6.92 Å². The Kier molecular flexibility index (Phi) is 5.31. The number of ether oxygens (including phenoxy) is 1. The maximum absolute atomic E-state index is 9.88. The SMILES string of the molecule is Cc1cncc(NC[C@H](O)COc2ccccc2Br)n1. The number of para-hydroxylation sites is 1. The number of aliphatic hydroxyl groups is 1. The Morgan fingerprint density at radius 1 is 1.35 bits per heavy atom. The van der Waals surface area contributed by atoms with Gasteiger partial charge in [-0.15, -0.1) is 0 Å². The maximum Gasteiger partial charge on any atom is 0.144 e. The summed E-state index contributed by atoms with van der Waals surface area (Å²) in [4.78, 5) is 8.27. The van der Waals surface area contributed by atoms with Crippen molar-refractivity contribution in [2.24, 2.45) is 0 Å². The van der Waals surface area contributed by atoms with Crippen LogP contribution in [0.5, 0.6) is 5.75 Å². The van der Waals surface area contributed by atoms with Crippen molar-refractivity contribution in [2.75, 3.05) is 18.5 Å². The standard InChI is InChI=1S/C14H16BrN3O2/c1-10-6-16-8-14(18-10)17-7-11(19)9-20-13-5-3-2-4-12(13)15/h2-6,8,11,19H,7,9H2,1H3,(H,17,18)/t11-/m0/s1. The minimum atomic E-state index is -0.635. The van der Waals surface area contributed by atoms with E-state index in [4.69, 9.17) is 4.74 Å². The molecule has 0 aliphatic carbocycles. The summed E-state index contributed by atoms with van der Waals surface area (Å²) < 4.78 is 6.40. The predicted octanol–water partition coefficient (Wildman–Crippen LogP) is 2.40. The molecule has 2 N–H and O–H groups in total. The first-order valence-electron chi connectivity index (χ1n) is 6.23. The van der Waals surface area contributed by atoms with Gasteiger partial charge in [0.15, 0.2) is 0 Å². The normalized spacial score (nSPS) is 11.9. The summed E-state index contributed by atoms with van der Waals surface area (Å²) in [5.74, 6) is 1.35. The van der Waals surface area contributed by atoms with Gasteiger partial charge in [0.05, 0.1) is 16.4 Å². The van der Waals surface area contributed by atoms with Crippen LogP contribution < -0.4 is 10.1 Å². The molecule has 0 saturated carbocycles. The van der Waals surface area contributed by atoms with Crippen LogP contribution in [-0.2, 0) is 0 Å². The molecule has 20 heavy (non-hydrogen) atoms. The number of aromatic nitrogens is 2. The van der Waals surface area contributed by atoms with Gasteiger partial charge >= 0.3 is 0 Å². The maximum atomic E-state index is 9.88. The van der Waals surface area contributed by atoms with Gasteiger partial charge in [0.25, 0.3) is 0 Å². The Hall–Kier alpha value is -1.66. The van der Waals surface area contributed by atoms with Gasteiger partial charge in [0.1, 0.15) is 24.3 Å². The van der Waals surface area contributed by atoms with E-state index in [-0.39, 0.29) is 6.61 Å². The highest BCUT2D eigenvalue weighted by atomic mass is 79.9. The average Bonchev–Trinajstić information content (AvgIpc) is 2.44. The van der Waals surface area contributed by atoms with Gasteiger partial charge < -0.3 is 15.2 Å². The van der Waals surface area contributed by atoms with Crippen molar-refractivity contribution in [3.8, 4) is 5.75 Å². The fourth-order valence-electron chi connectivity index (χ4n) is 1.58. The van der Waals surface area contributed by atoms with E-state index in [2.05, 4.69) is 31.2 Å². The third kappa shape index (κ3) is 4.47. The average molecular weight is 338 g/mol. The fraction of sp³-hybridized carbons (Fsp3) is 0.286. The van der Waals surface area contributed by atoms with E-state index in [0.717, 1.165) is 10.2 Å². The number of hydrogen-bond donors (Lipinski definition) is 2. The summed E-state index contributed by atoms with van der Waals surface area (Å²) in [5, 5.41) is 12.9. The van der Waals surface area contributed by atoms with Crippen LogP contribution in [0.1, 0.15) is 5.69 Å². The molecule has 0 saturated heterocycles. The van der Waals surface area contributed by atoms with E-state index in [0.29, 0.717) is 18.1 Å². The number of halogens is 1. The number of nitrogens with one attached hydrogen (secondary N) is 1. The lowest BCUT2D eigenvalue weighted by Gasteiger charge is -2.14. The number of benzene rings is 1. The second kappa shape index (κ2) is 7.21. The van der Waals surface area contributed by atoms with Crippen molar-refractivity contribution in [2.45, 2.75) is 13.0 Å². The van der Waals surface area contributed by atoms with Gasteiger partial charge in [-0.05, 0) is 35.0 Å². The zero-order chi connectivity index (χ0) is 14.4. The van der Waals surface area contributed by atoms with Crippen LogP contribution in [0.15, 0.2) is 41.1 Å². The van der Waals surface area contributed by atoms with Gasteiger partial charge in [0, 0.05) is 12.7 Å². The molecular weight excluding hydrogens is 322 g/mol. The Morgan fingerprint density at radius 2 is 2.15 bits per heavy atom. The van der Waals surface area contributed by atoms with Crippen molar-refractivity contribution >= 4 is 21.7 Å². The summed E-state index contributed by atoms with van der Waals surface area (Å²) in [6, 6.07) is 7.52. The van der Waals surface area contributed by atoms with E-state index < -0.39 is 6.10 Å². The van der Waals surface area contributed by atoms with Crippen molar-refractivity contribution in [3.05, 3.63) is 46.8 Å².